The molecule has 0 spiro atoms. The van der Waals surface area contributed by atoms with Gasteiger partial charge in [0.15, 0.2) is 6.61 Å². The van der Waals surface area contributed by atoms with Gasteiger partial charge in [-0.1, -0.05) is 0 Å². The number of rotatable bonds is 11. The SMILES string of the molecule is CCOC(=O)CN(CC(=O)OCC)c1ccc([N+](=O)[O-])cc1OCC(=O)NC. The first-order chi connectivity index (χ1) is 13.3. The van der Waals surface area contributed by atoms with Crippen LogP contribution in [0.1, 0.15) is 13.8 Å². The van der Waals surface area contributed by atoms with E-state index in [0.717, 1.165) is 6.07 Å². The van der Waals surface area contributed by atoms with E-state index in [4.69, 9.17) is 14.2 Å². The maximum atomic E-state index is 11.9. The van der Waals surface area contributed by atoms with Gasteiger partial charge < -0.3 is 24.4 Å². The molecule has 154 valence electrons. The fourth-order valence-electron chi connectivity index (χ4n) is 2.16. The van der Waals surface area contributed by atoms with E-state index in [9.17, 15) is 24.5 Å². The first-order valence-corrected chi connectivity index (χ1v) is 8.50. The number of nitrogens with zero attached hydrogens (tertiary/aromatic N) is 2. The van der Waals surface area contributed by atoms with Crippen LogP contribution in [0.4, 0.5) is 11.4 Å². The number of likely N-dealkylation sites (N-methyl/N-ethyl adjacent to an activating group) is 1. The smallest absolute Gasteiger partial charge is 0.325 e. The van der Waals surface area contributed by atoms with E-state index in [1.807, 2.05) is 0 Å². The first-order valence-electron chi connectivity index (χ1n) is 8.50. The zero-order valence-electron chi connectivity index (χ0n) is 15.9. The van der Waals surface area contributed by atoms with Crippen molar-refractivity contribution in [3.63, 3.8) is 0 Å². The lowest BCUT2D eigenvalue weighted by molar-refractivity contribution is -0.384. The Kier molecular flexibility index (Phi) is 9.20. The minimum atomic E-state index is -0.627. The van der Waals surface area contributed by atoms with Crippen LogP contribution in [0, 0.1) is 10.1 Å². The number of amides is 1. The van der Waals surface area contributed by atoms with Gasteiger partial charge in [0.1, 0.15) is 18.8 Å². The van der Waals surface area contributed by atoms with Gasteiger partial charge in [-0.2, -0.15) is 0 Å². The summed E-state index contributed by atoms with van der Waals surface area (Å²) in [6, 6.07) is 3.64. The average Bonchev–Trinajstić information content (AvgIpc) is 2.65. The maximum absolute atomic E-state index is 11.9. The standard InChI is InChI=1S/C17H23N3O8/c1-4-26-16(22)9-19(10-17(23)27-5-2)13-7-6-12(20(24)25)8-14(13)28-11-15(21)18-3/h6-8H,4-5,9-11H2,1-3H3,(H,18,21). The molecule has 0 atom stereocenters. The summed E-state index contributed by atoms with van der Waals surface area (Å²) in [6.07, 6.45) is 0. The van der Waals surface area contributed by atoms with E-state index in [-0.39, 0.29) is 43.4 Å². The number of ether oxygens (including phenoxy) is 3. The Morgan fingerprint density at radius 2 is 1.68 bits per heavy atom. The molecule has 1 N–H and O–H groups in total. The molecule has 0 radical (unpaired) electrons. The number of benzene rings is 1. The highest BCUT2D eigenvalue weighted by Crippen LogP contribution is 2.32. The summed E-state index contributed by atoms with van der Waals surface area (Å²) in [5.74, 6) is -1.71. The Balaban J connectivity index is 3.25. The molecule has 0 unspecified atom stereocenters. The minimum Gasteiger partial charge on any atom is -0.481 e. The predicted octanol–water partition coefficient (Wildman–Crippen LogP) is 0.652. The van der Waals surface area contributed by atoms with E-state index in [1.165, 1.54) is 24.1 Å². The van der Waals surface area contributed by atoms with Crippen LogP contribution in [0.5, 0.6) is 5.75 Å². The van der Waals surface area contributed by atoms with Crippen molar-refractivity contribution in [2.75, 3.05) is 44.9 Å². The number of hydrogen-bond acceptors (Lipinski definition) is 9. The van der Waals surface area contributed by atoms with Crippen molar-refractivity contribution in [3.05, 3.63) is 28.3 Å². The van der Waals surface area contributed by atoms with Gasteiger partial charge in [-0.3, -0.25) is 24.5 Å². The fourth-order valence-corrected chi connectivity index (χ4v) is 2.16. The monoisotopic (exact) mass is 397 g/mol. The van der Waals surface area contributed by atoms with Gasteiger partial charge in [-0.05, 0) is 19.9 Å². The van der Waals surface area contributed by atoms with Gasteiger partial charge in [0.25, 0.3) is 11.6 Å². The zero-order chi connectivity index (χ0) is 21.1. The van der Waals surface area contributed by atoms with Crippen LogP contribution in [0.2, 0.25) is 0 Å². The molecule has 0 fully saturated rings. The second-order valence-electron chi connectivity index (χ2n) is 5.34. The quantitative estimate of drug-likeness (QED) is 0.324. The topological polar surface area (TPSA) is 137 Å². The largest absolute Gasteiger partial charge is 0.481 e. The molecule has 0 saturated carbocycles. The van der Waals surface area contributed by atoms with Gasteiger partial charge in [-0.15, -0.1) is 0 Å². The summed E-state index contributed by atoms with van der Waals surface area (Å²) >= 11 is 0. The summed E-state index contributed by atoms with van der Waals surface area (Å²) in [4.78, 5) is 47.1. The Labute approximate surface area is 161 Å². The number of carbonyl (C=O) groups excluding carboxylic acids is 3. The van der Waals surface area contributed by atoms with Crippen molar-refractivity contribution < 1.29 is 33.5 Å². The highest BCUT2D eigenvalue weighted by Gasteiger charge is 2.23. The fraction of sp³-hybridized carbons (Fsp3) is 0.471. The van der Waals surface area contributed by atoms with E-state index >= 15 is 0 Å². The molecular formula is C17H23N3O8. The molecule has 1 amide bonds. The number of nitrogens with one attached hydrogen (secondary N) is 1. The molecule has 0 aliphatic rings. The number of non-ortho nitro benzene ring substituents is 1. The number of anilines is 1. The lowest BCUT2D eigenvalue weighted by Crippen LogP contribution is -2.36. The van der Waals surface area contributed by atoms with E-state index < -0.39 is 29.4 Å². The van der Waals surface area contributed by atoms with Gasteiger partial charge >= 0.3 is 11.9 Å². The van der Waals surface area contributed by atoms with Crippen LogP contribution in [0.15, 0.2) is 18.2 Å². The summed E-state index contributed by atoms with van der Waals surface area (Å²) in [7, 11) is 1.41. The number of esters is 2. The van der Waals surface area contributed by atoms with Crippen LogP contribution in [0.25, 0.3) is 0 Å². The molecule has 11 nitrogen and oxygen atoms in total. The third-order valence-electron chi connectivity index (χ3n) is 3.38. The summed E-state index contributed by atoms with van der Waals surface area (Å²) < 4.78 is 15.2. The molecular weight excluding hydrogens is 374 g/mol. The lowest BCUT2D eigenvalue weighted by atomic mass is 10.2. The second-order valence-corrected chi connectivity index (χ2v) is 5.34. The second kappa shape index (κ2) is 11.4. The molecule has 0 aliphatic heterocycles. The van der Waals surface area contributed by atoms with Crippen molar-refractivity contribution in [1.29, 1.82) is 0 Å². The lowest BCUT2D eigenvalue weighted by Gasteiger charge is -2.24. The molecule has 0 heterocycles. The van der Waals surface area contributed by atoms with Gasteiger partial charge in [0, 0.05) is 13.1 Å². The molecule has 0 bridgehead atoms. The molecule has 28 heavy (non-hydrogen) atoms. The number of hydrogen-bond donors (Lipinski definition) is 1. The van der Waals surface area contributed by atoms with Gasteiger partial charge in [0.05, 0.1) is 29.9 Å². The van der Waals surface area contributed by atoms with E-state index in [2.05, 4.69) is 5.32 Å². The van der Waals surface area contributed by atoms with Crippen molar-refractivity contribution in [1.82, 2.24) is 5.32 Å². The van der Waals surface area contributed by atoms with Crippen LogP contribution >= 0.6 is 0 Å². The van der Waals surface area contributed by atoms with Crippen LogP contribution in [0.3, 0.4) is 0 Å². The zero-order valence-corrected chi connectivity index (χ0v) is 15.9. The van der Waals surface area contributed by atoms with Gasteiger partial charge in [-0.25, -0.2) is 0 Å². The first kappa shape index (κ1) is 22.7. The Bertz CT molecular complexity index is 702. The minimum absolute atomic E-state index is 0.0357. The number of nitro groups is 1. The molecule has 1 rings (SSSR count). The van der Waals surface area contributed by atoms with Crippen LogP contribution < -0.4 is 15.0 Å². The highest BCUT2D eigenvalue weighted by atomic mass is 16.6. The molecule has 11 heteroatoms. The van der Waals surface area contributed by atoms with Crippen LogP contribution in [-0.4, -0.2) is 62.7 Å². The molecule has 0 aliphatic carbocycles. The van der Waals surface area contributed by atoms with Crippen molar-refractivity contribution in [2.24, 2.45) is 0 Å². The summed E-state index contributed by atoms with van der Waals surface area (Å²) in [6.45, 7) is 2.52. The van der Waals surface area contributed by atoms with Crippen molar-refractivity contribution in [2.45, 2.75) is 13.8 Å². The average molecular weight is 397 g/mol. The molecule has 1 aromatic rings. The van der Waals surface area contributed by atoms with Crippen LogP contribution in [-0.2, 0) is 23.9 Å². The van der Waals surface area contributed by atoms with E-state index in [0.29, 0.717) is 0 Å². The molecule has 0 saturated heterocycles. The third-order valence-corrected chi connectivity index (χ3v) is 3.38. The maximum Gasteiger partial charge on any atom is 0.325 e. The number of carbonyl (C=O) groups is 3. The summed E-state index contributed by atoms with van der Waals surface area (Å²) in [5, 5.41) is 13.4. The Hall–Kier alpha value is -3.37. The van der Waals surface area contributed by atoms with Gasteiger partial charge in [0.2, 0.25) is 0 Å². The van der Waals surface area contributed by atoms with E-state index in [1.54, 1.807) is 13.8 Å². The highest BCUT2D eigenvalue weighted by molar-refractivity contribution is 5.83. The normalized spacial score (nSPS) is 9.96. The van der Waals surface area contributed by atoms with Crippen molar-refractivity contribution >= 4 is 29.2 Å². The summed E-state index contributed by atoms with van der Waals surface area (Å²) in [5.41, 5.74) is -0.0708. The Morgan fingerprint density at radius 3 is 2.14 bits per heavy atom. The molecule has 1 aromatic carbocycles. The molecule has 0 aromatic heterocycles. The van der Waals surface area contributed by atoms with Crippen molar-refractivity contribution in [3.8, 4) is 5.75 Å². The Morgan fingerprint density at radius 1 is 1.11 bits per heavy atom. The third kappa shape index (κ3) is 7.09. The predicted molar refractivity (Wildman–Crippen MR) is 98.1 cm³/mol. The number of nitro benzene ring substituents is 1.